The molecular formula is C5H9N3O2. The second-order valence-corrected chi connectivity index (χ2v) is 1.91. The van der Waals surface area contributed by atoms with Gasteiger partial charge in [-0.3, -0.25) is 20.2 Å². The highest BCUT2D eigenvalue weighted by Crippen LogP contribution is 1.86. The van der Waals surface area contributed by atoms with E-state index in [1.165, 1.54) is 6.34 Å². The van der Waals surface area contributed by atoms with Gasteiger partial charge in [0.15, 0.2) is 0 Å². The van der Waals surface area contributed by atoms with Gasteiger partial charge in [0.05, 0.1) is 13.1 Å². The average Bonchev–Trinajstić information content (AvgIpc) is 2.40. The first-order valence-corrected chi connectivity index (χ1v) is 3.00. The fraction of sp³-hybridized carbons (Fsp3) is 0.600. The van der Waals surface area contributed by atoms with Crippen molar-refractivity contribution in [3.8, 4) is 0 Å². The standard InChI is InChI=1S/C5H9N3O2/c9-3-5(10)7-8-2-1-6-4-8/h4,9H,1-3H2,(H,7,10). The number of hydrogen-bond donors (Lipinski definition) is 2. The van der Waals surface area contributed by atoms with Crippen molar-refractivity contribution in [1.29, 1.82) is 0 Å². The molecule has 0 fully saturated rings. The molecule has 10 heavy (non-hydrogen) atoms. The van der Waals surface area contributed by atoms with E-state index in [1.54, 1.807) is 5.01 Å². The minimum absolute atomic E-state index is 0.409. The average molecular weight is 143 g/mol. The molecule has 1 heterocycles. The summed E-state index contributed by atoms with van der Waals surface area (Å²) in [6, 6.07) is 0. The van der Waals surface area contributed by atoms with Crippen LogP contribution in [0, 0.1) is 0 Å². The lowest BCUT2D eigenvalue weighted by Crippen LogP contribution is -2.41. The number of amides is 1. The summed E-state index contributed by atoms with van der Waals surface area (Å²) in [7, 11) is 0. The van der Waals surface area contributed by atoms with Crippen molar-refractivity contribution < 1.29 is 9.90 Å². The lowest BCUT2D eigenvalue weighted by atomic mass is 10.6. The van der Waals surface area contributed by atoms with E-state index in [1.807, 2.05) is 0 Å². The van der Waals surface area contributed by atoms with Gasteiger partial charge >= 0.3 is 0 Å². The van der Waals surface area contributed by atoms with Gasteiger partial charge in [0, 0.05) is 0 Å². The summed E-state index contributed by atoms with van der Waals surface area (Å²) >= 11 is 0. The number of carbonyl (C=O) groups excluding carboxylic acids is 1. The predicted molar refractivity (Wildman–Crippen MR) is 35.3 cm³/mol. The molecule has 0 aromatic carbocycles. The van der Waals surface area contributed by atoms with Crippen molar-refractivity contribution in [3.05, 3.63) is 0 Å². The van der Waals surface area contributed by atoms with E-state index in [4.69, 9.17) is 5.11 Å². The molecule has 5 heteroatoms. The van der Waals surface area contributed by atoms with E-state index in [-0.39, 0.29) is 0 Å². The van der Waals surface area contributed by atoms with Gasteiger partial charge in [-0.05, 0) is 0 Å². The Kier molecular flexibility index (Phi) is 2.22. The summed E-state index contributed by atoms with van der Waals surface area (Å²) in [6.07, 6.45) is 1.54. The molecule has 1 aliphatic heterocycles. The van der Waals surface area contributed by atoms with Gasteiger partial charge in [0.1, 0.15) is 12.9 Å². The molecule has 0 aliphatic carbocycles. The van der Waals surface area contributed by atoms with E-state index in [0.717, 1.165) is 0 Å². The number of carbonyl (C=O) groups is 1. The van der Waals surface area contributed by atoms with Gasteiger partial charge in [-0.1, -0.05) is 0 Å². The van der Waals surface area contributed by atoms with Crippen molar-refractivity contribution in [1.82, 2.24) is 10.4 Å². The number of nitrogens with zero attached hydrogens (tertiary/aromatic N) is 2. The van der Waals surface area contributed by atoms with Crippen LogP contribution in [-0.4, -0.2) is 42.1 Å². The Labute approximate surface area is 58.3 Å². The summed E-state index contributed by atoms with van der Waals surface area (Å²) in [5.41, 5.74) is 2.42. The van der Waals surface area contributed by atoms with Gasteiger partial charge in [0.2, 0.25) is 0 Å². The number of hydrazine groups is 1. The molecule has 0 unspecified atom stereocenters. The van der Waals surface area contributed by atoms with Gasteiger partial charge in [-0.25, -0.2) is 0 Å². The first-order chi connectivity index (χ1) is 4.83. The summed E-state index contributed by atoms with van der Waals surface area (Å²) < 4.78 is 0. The lowest BCUT2D eigenvalue weighted by Gasteiger charge is -2.13. The van der Waals surface area contributed by atoms with Crippen LogP contribution in [-0.2, 0) is 4.79 Å². The second kappa shape index (κ2) is 3.17. The number of nitrogens with one attached hydrogen (secondary N) is 1. The minimum atomic E-state index is -0.482. The molecular weight excluding hydrogens is 134 g/mol. The van der Waals surface area contributed by atoms with E-state index < -0.39 is 12.5 Å². The van der Waals surface area contributed by atoms with Gasteiger partial charge in [-0.15, -0.1) is 0 Å². The Morgan fingerprint density at radius 1 is 1.90 bits per heavy atom. The normalized spacial score (nSPS) is 15.9. The van der Waals surface area contributed by atoms with E-state index >= 15 is 0 Å². The number of aliphatic hydroxyl groups is 1. The zero-order valence-electron chi connectivity index (χ0n) is 5.45. The Balaban J connectivity index is 2.24. The molecule has 0 atom stereocenters. The van der Waals surface area contributed by atoms with E-state index in [9.17, 15) is 4.79 Å². The highest BCUT2D eigenvalue weighted by Gasteiger charge is 2.06. The third-order valence-corrected chi connectivity index (χ3v) is 1.10. The third kappa shape index (κ3) is 1.70. The molecule has 1 aliphatic rings. The molecule has 1 amide bonds. The molecule has 1 rings (SSSR count). The topological polar surface area (TPSA) is 64.9 Å². The summed E-state index contributed by atoms with van der Waals surface area (Å²) in [5, 5.41) is 9.85. The maximum Gasteiger partial charge on any atom is 0.264 e. The van der Waals surface area contributed by atoms with Crippen LogP contribution in [0.2, 0.25) is 0 Å². The molecule has 0 saturated carbocycles. The van der Waals surface area contributed by atoms with Crippen LogP contribution in [0.25, 0.3) is 0 Å². The van der Waals surface area contributed by atoms with E-state index in [0.29, 0.717) is 13.1 Å². The zero-order chi connectivity index (χ0) is 7.40. The molecule has 2 N–H and O–H groups in total. The first kappa shape index (κ1) is 7.01. The monoisotopic (exact) mass is 143 g/mol. The number of rotatable bonds is 2. The summed E-state index contributed by atoms with van der Waals surface area (Å²) in [5.74, 6) is -0.409. The Morgan fingerprint density at radius 2 is 2.70 bits per heavy atom. The molecule has 5 nitrogen and oxygen atoms in total. The third-order valence-electron chi connectivity index (χ3n) is 1.10. The van der Waals surface area contributed by atoms with Gasteiger partial charge in [-0.2, -0.15) is 0 Å². The molecule has 56 valence electrons. The van der Waals surface area contributed by atoms with Gasteiger partial charge in [0.25, 0.3) is 5.91 Å². The maximum atomic E-state index is 10.5. The Morgan fingerprint density at radius 3 is 3.20 bits per heavy atom. The maximum absolute atomic E-state index is 10.5. The van der Waals surface area contributed by atoms with Crippen molar-refractivity contribution in [3.63, 3.8) is 0 Å². The quantitative estimate of drug-likeness (QED) is 0.487. The van der Waals surface area contributed by atoms with Crippen molar-refractivity contribution in [2.24, 2.45) is 4.99 Å². The SMILES string of the molecule is O=C(CO)NN1C=NCC1. The van der Waals surface area contributed by atoms with Crippen molar-refractivity contribution in [2.75, 3.05) is 19.7 Å². The molecule has 0 aromatic heterocycles. The smallest absolute Gasteiger partial charge is 0.264 e. The Hall–Kier alpha value is -1.10. The van der Waals surface area contributed by atoms with Crippen LogP contribution in [0.15, 0.2) is 4.99 Å². The molecule has 0 saturated heterocycles. The largest absolute Gasteiger partial charge is 0.386 e. The molecule has 0 radical (unpaired) electrons. The highest BCUT2D eigenvalue weighted by molar-refractivity contribution is 5.78. The summed E-state index contributed by atoms with van der Waals surface area (Å²) in [6.45, 7) is 0.905. The second-order valence-electron chi connectivity index (χ2n) is 1.91. The highest BCUT2D eigenvalue weighted by atomic mass is 16.3. The number of hydrogen-bond acceptors (Lipinski definition) is 4. The predicted octanol–water partition coefficient (Wildman–Crippen LogP) is -1.65. The number of aliphatic hydroxyl groups excluding tert-OH is 1. The fourth-order valence-corrected chi connectivity index (χ4v) is 0.660. The van der Waals surface area contributed by atoms with Crippen LogP contribution in [0.5, 0.6) is 0 Å². The molecule has 0 aromatic rings. The number of aliphatic imine (C=N–C) groups is 1. The molecule has 0 spiro atoms. The van der Waals surface area contributed by atoms with Crippen LogP contribution >= 0.6 is 0 Å². The van der Waals surface area contributed by atoms with Crippen LogP contribution in [0.3, 0.4) is 0 Å². The van der Waals surface area contributed by atoms with Crippen LogP contribution in [0.4, 0.5) is 0 Å². The lowest BCUT2D eigenvalue weighted by molar-refractivity contribution is -0.126. The van der Waals surface area contributed by atoms with Crippen LogP contribution < -0.4 is 5.43 Å². The van der Waals surface area contributed by atoms with Crippen molar-refractivity contribution >= 4 is 12.2 Å². The fourth-order valence-electron chi connectivity index (χ4n) is 0.660. The van der Waals surface area contributed by atoms with Gasteiger partial charge < -0.3 is 5.11 Å². The summed E-state index contributed by atoms with van der Waals surface area (Å²) in [4.78, 5) is 14.4. The Bertz CT molecular complexity index is 157. The first-order valence-electron chi connectivity index (χ1n) is 3.00. The minimum Gasteiger partial charge on any atom is -0.386 e. The van der Waals surface area contributed by atoms with E-state index in [2.05, 4.69) is 10.4 Å². The van der Waals surface area contributed by atoms with Crippen molar-refractivity contribution in [2.45, 2.75) is 0 Å². The molecule has 0 bridgehead atoms. The zero-order valence-corrected chi connectivity index (χ0v) is 5.45. The van der Waals surface area contributed by atoms with Crippen LogP contribution in [0.1, 0.15) is 0 Å².